The third kappa shape index (κ3) is 11.2. The van der Waals surface area contributed by atoms with Crippen LogP contribution in [0.25, 0.3) is 0 Å². The second-order valence-corrected chi connectivity index (χ2v) is 6.75. The molecule has 0 radical (unpaired) electrons. The van der Waals surface area contributed by atoms with Crippen LogP contribution in [0.3, 0.4) is 0 Å². The first-order valence-corrected chi connectivity index (χ1v) is 8.48. The number of hydrogen-bond donors (Lipinski definition) is 0. The van der Waals surface area contributed by atoms with E-state index in [2.05, 4.69) is 45.7 Å². The molecule has 0 aromatic carbocycles. The molecule has 0 nitrogen and oxygen atoms in total. The van der Waals surface area contributed by atoms with Gasteiger partial charge in [-0.05, 0) is 31.1 Å². The molecule has 0 amide bonds. The molecule has 0 aliphatic heterocycles. The van der Waals surface area contributed by atoms with Gasteiger partial charge in [0.25, 0.3) is 0 Å². The fourth-order valence-electron chi connectivity index (χ4n) is 1.87. The van der Waals surface area contributed by atoms with Gasteiger partial charge < -0.3 is 0 Å². The van der Waals surface area contributed by atoms with Gasteiger partial charge in [-0.15, -0.1) is 0 Å². The molecule has 2 heteroatoms. The molecule has 0 aromatic heterocycles. The Hall–Kier alpha value is 0.960. The highest BCUT2D eigenvalue weighted by Crippen LogP contribution is 2.30. The molecule has 0 bridgehead atoms. The lowest BCUT2D eigenvalue weighted by Gasteiger charge is -2.24. The summed E-state index contributed by atoms with van der Waals surface area (Å²) in [7, 11) is 0. The van der Waals surface area contributed by atoms with Crippen molar-refractivity contribution < 1.29 is 0 Å². The average Bonchev–Trinajstić information content (AvgIpc) is 2.20. The zero-order valence-corrected chi connectivity index (χ0v) is 13.5. The predicted octanol–water partition coefficient (Wildman–Crippen LogP) is 5.92. The molecule has 0 aliphatic carbocycles. The van der Waals surface area contributed by atoms with Crippen LogP contribution in [-0.4, -0.2) is 10.7 Å². The van der Waals surface area contributed by atoms with Crippen LogP contribution in [0.2, 0.25) is 0 Å². The second-order valence-electron chi connectivity index (χ2n) is 5.16. The molecule has 0 unspecified atom stereocenters. The average molecular weight is 342 g/mol. The van der Waals surface area contributed by atoms with Gasteiger partial charge in [-0.25, -0.2) is 0 Å². The zero-order valence-electron chi connectivity index (χ0n) is 10.3. The summed E-state index contributed by atoms with van der Waals surface area (Å²) in [6.45, 7) is 4.85. The fourth-order valence-corrected chi connectivity index (χ4v) is 2.67. The molecule has 0 N–H and O–H groups in total. The summed E-state index contributed by atoms with van der Waals surface area (Å²) in [6.07, 6.45) is 11.0. The van der Waals surface area contributed by atoms with Crippen molar-refractivity contribution in [2.24, 2.45) is 5.41 Å². The lowest BCUT2D eigenvalue weighted by atomic mass is 9.82. The lowest BCUT2D eigenvalue weighted by molar-refractivity contribution is 0.285. The van der Waals surface area contributed by atoms with Gasteiger partial charge in [0.2, 0.25) is 0 Å². The van der Waals surface area contributed by atoms with Gasteiger partial charge in [0.05, 0.1) is 0 Å². The highest BCUT2D eigenvalue weighted by atomic mass is 79.9. The van der Waals surface area contributed by atoms with E-state index < -0.39 is 0 Å². The Bertz CT molecular complexity index is 118. The van der Waals surface area contributed by atoms with Gasteiger partial charge in [-0.1, -0.05) is 71.4 Å². The first-order chi connectivity index (χ1) is 7.12. The van der Waals surface area contributed by atoms with Crippen LogP contribution in [0.5, 0.6) is 0 Å². The standard InChI is InChI=1S/C13H26Br2/c1-13(2,9-5-3-7-11-14)10-6-4-8-12-15/h3-12H2,1-2H3. The highest BCUT2D eigenvalue weighted by Gasteiger charge is 2.16. The first-order valence-electron chi connectivity index (χ1n) is 6.24. The number of alkyl halides is 2. The smallest absolute Gasteiger partial charge is 0.00313 e. The van der Waals surface area contributed by atoms with E-state index in [9.17, 15) is 0 Å². The van der Waals surface area contributed by atoms with Crippen LogP contribution in [0.15, 0.2) is 0 Å². The molecule has 0 heterocycles. The van der Waals surface area contributed by atoms with Crippen molar-refractivity contribution in [3.05, 3.63) is 0 Å². The summed E-state index contributed by atoms with van der Waals surface area (Å²) in [6, 6.07) is 0. The Morgan fingerprint density at radius 1 is 0.667 bits per heavy atom. The third-order valence-electron chi connectivity index (χ3n) is 2.97. The van der Waals surface area contributed by atoms with Crippen LogP contribution < -0.4 is 0 Å². The minimum absolute atomic E-state index is 0.568. The minimum atomic E-state index is 0.568. The molecule has 0 fully saturated rings. The maximum Gasteiger partial charge on any atom is 0.00313 e. The quantitative estimate of drug-likeness (QED) is 0.341. The van der Waals surface area contributed by atoms with Crippen LogP contribution in [0, 0.1) is 5.41 Å². The summed E-state index contributed by atoms with van der Waals surface area (Å²) in [5, 5.41) is 2.33. The van der Waals surface area contributed by atoms with Crippen molar-refractivity contribution >= 4 is 31.9 Å². The molecule has 0 saturated carbocycles. The summed E-state index contributed by atoms with van der Waals surface area (Å²) >= 11 is 6.97. The van der Waals surface area contributed by atoms with Crippen LogP contribution >= 0.6 is 31.9 Å². The molecule has 92 valence electrons. The summed E-state index contributed by atoms with van der Waals surface area (Å²) in [5.41, 5.74) is 0.568. The largest absolute Gasteiger partial charge is 0.0928 e. The Labute approximate surface area is 113 Å². The topological polar surface area (TPSA) is 0 Å². The third-order valence-corrected chi connectivity index (χ3v) is 4.10. The van der Waals surface area contributed by atoms with E-state index in [1.165, 1.54) is 62.0 Å². The number of halogens is 2. The van der Waals surface area contributed by atoms with E-state index >= 15 is 0 Å². The van der Waals surface area contributed by atoms with E-state index in [4.69, 9.17) is 0 Å². The summed E-state index contributed by atoms with van der Waals surface area (Å²) < 4.78 is 0. The van der Waals surface area contributed by atoms with Crippen LogP contribution in [0.4, 0.5) is 0 Å². The van der Waals surface area contributed by atoms with E-state index in [0.29, 0.717) is 5.41 Å². The number of unbranched alkanes of at least 4 members (excludes halogenated alkanes) is 4. The van der Waals surface area contributed by atoms with Gasteiger partial charge >= 0.3 is 0 Å². The van der Waals surface area contributed by atoms with E-state index in [1.54, 1.807) is 0 Å². The molecule has 0 rings (SSSR count). The minimum Gasteiger partial charge on any atom is -0.0928 e. The molecular formula is C13H26Br2. The SMILES string of the molecule is CC(C)(CCCCCBr)CCCCCBr. The summed E-state index contributed by atoms with van der Waals surface area (Å²) in [4.78, 5) is 0. The maximum atomic E-state index is 3.48. The number of rotatable bonds is 10. The molecule has 0 spiro atoms. The summed E-state index contributed by atoms with van der Waals surface area (Å²) in [5.74, 6) is 0. The van der Waals surface area contributed by atoms with Gasteiger partial charge in [0.15, 0.2) is 0 Å². The fraction of sp³-hybridized carbons (Fsp3) is 1.00. The van der Waals surface area contributed by atoms with Crippen molar-refractivity contribution in [2.75, 3.05) is 10.7 Å². The van der Waals surface area contributed by atoms with Gasteiger partial charge in [0, 0.05) is 10.7 Å². The van der Waals surface area contributed by atoms with Gasteiger partial charge in [-0.3, -0.25) is 0 Å². The lowest BCUT2D eigenvalue weighted by Crippen LogP contribution is -2.11. The Kier molecular flexibility index (Phi) is 10.8. The van der Waals surface area contributed by atoms with Crippen LogP contribution in [-0.2, 0) is 0 Å². The van der Waals surface area contributed by atoms with Crippen molar-refractivity contribution in [1.29, 1.82) is 0 Å². The first kappa shape index (κ1) is 16.0. The maximum absolute atomic E-state index is 3.48. The van der Waals surface area contributed by atoms with Gasteiger partial charge in [-0.2, -0.15) is 0 Å². The highest BCUT2D eigenvalue weighted by molar-refractivity contribution is 9.09. The van der Waals surface area contributed by atoms with E-state index in [1.807, 2.05) is 0 Å². The second kappa shape index (κ2) is 10.1. The van der Waals surface area contributed by atoms with Gasteiger partial charge in [0.1, 0.15) is 0 Å². The molecule has 0 atom stereocenters. The molecular weight excluding hydrogens is 316 g/mol. The number of hydrogen-bond acceptors (Lipinski definition) is 0. The van der Waals surface area contributed by atoms with E-state index in [0.717, 1.165) is 0 Å². The van der Waals surface area contributed by atoms with Crippen molar-refractivity contribution in [3.63, 3.8) is 0 Å². The monoisotopic (exact) mass is 340 g/mol. The predicted molar refractivity (Wildman–Crippen MR) is 78.3 cm³/mol. The molecule has 15 heavy (non-hydrogen) atoms. The van der Waals surface area contributed by atoms with Crippen molar-refractivity contribution in [2.45, 2.75) is 65.2 Å². The Morgan fingerprint density at radius 3 is 1.40 bits per heavy atom. The molecule has 0 saturated heterocycles. The van der Waals surface area contributed by atoms with E-state index in [-0.39, 0.29) is 0 Å². The normalized spacial score (nSPS) is 12.0. The van der Waals surface area contributed by atoms with Crippen LogP contribution in [0.1, 0.15) is 65.2 Å². The van der Waals surface area contributed by atoms with Crippen molar-refractivity contribution in [1.82, 2.24) is 0 Å². The zero-order chi connectivity index (χ0) is 11.6. The Morgan fingerprint density at radius 2 is 1.07 bits per heavy atom. The van der Waals surface area contributed by atoms with Crippen molar-refractivity contribution in [3.8, 4) is 0 Å². The molecule has 0 aromatic rings. The Balaban J connectivity index is 3.40. The molecule has 0 aliphatic rings.